The topological polar surface area (TPSA) is 120 Å². The van der Waals surface area contributed by atoms with Gasteiger partial charge in [0.05, 0.1) is 13.0 Å². The molecular weight excluding hydrogens is 502 g/mol. The zero-order chi connectivity index (χ0) is 27.9. The van der Waals surface area contributed by atoms with Crippen molar-refractivity contribution in [2.45, 2.75) is 56.4 Å². The summed E-state index contributed by atoms with van der Waals surface area (Å²) in [5, 5.41) is 3.18. The number of hydrogen-bond donors (Lipinski definition) is 2. The Balaban J connectivity index is 1.32. The molecule has 3 heterocycles. The number of hydrogen-bond acceptors (Lipinski definition) is 6. The molecule has 0 aliphatic heterocycles. The lowest BCUT2D eigenvalue weighted by Crippen LogP contribution is -2.44. The van der Waals surface area contributed by atoms with E-state index in [-0.39, 0.29) is 29.1 Å². The number of amides is 1. The Hall–Kier alpha value is -5.02. The highest BCUT2D eigenvalue weighted by atomic mass is 16.1. The zero-order valence-corrected chi connectivity index (χ0v) is 22.1. The molecule has 0 saturated heterocycles. The summed E-state index contributed by atoms with van der Waals surface area (Å²) >= 11 is 0. The molecule has 4 aromatic rings. The second-order valence-electron chi connectivity index (χ2n) is 10.7. The van der Waals surface area contributed by atoms with E-state index in [2.05, 4.69) is 32.0 Å². The van der Waals surface area contributed by atoms with E-state index in [9.17, 15) is 9.59 Å². The average Bonchev–Trinajstić information content (AvgIpc) is 3.64. The van der Waals surface area contributed by atoms with Crippen LogP contribution in [0.3, 0.4) is 0 Å². The number of carbonyl (C=O) groups is 2. The third-order valence-corrected chi connectivity index (χ3v) is 8.27. The van der Waals surface area contributed by atoms with Gasteiger partial charge in [-0.1, -0.05) is 30.2 Å². The van der Waals surface area contributed by atoms with Crippen molar-refractivity contribution in [1.82, 2.24) is 24.7 Å². The van der Waals surface area contributed by atoms with Crippen LogP contribution in [0.25, 0.3) is 21.6 Å². The summed E-state index contributed by atoms with van der Waals surface area (Å²) in [5.41, 5.74) is 9.78. The number of aromatic nitrogens is 4. The highest BCUT2D eigenvalue weighted by Gasteiger charge is 2.57. The molecule has 2 saturated carbocycles. The summed E-state index contributed by atoms with van der Waals surface area (Å²) in [6.45, 7) is 8.83. The molecule has 0 unspecified atom stereocenters. The van der Waals surface area contributed by atoms with Crippen molar-refractivity contribution in [3.8, 4) is 23.1 Å². The molecule has 9 heteroatoms. The van der Waals surface area contributed by atoms with Crippen LogP contribution >= 0.6 is 0 Å². The second kappa shape index (κ2) is 9.62. The third-order valence-electron chi connectivity index (χ3n) is 8.27. The number of ketones is 1. The Labute approximate surface area is 231 Å². The first-order valence-electron chi connectivity index (χ1n) is 13.2. The normalized spacial score (nSPS) is 21.0. The Morgan fingerprint density at radius 2 is 1.90 bits per heavy atom. The van der Waals surface area contributed by atoms with Gasteiger partial charge in [-0.05, 0) is 57.1 Å². The fraction of sp³-hybridized carbons (Fsp3) is 0.290. The summed E-state index contributed by atoms with van der Waals surface area (Å²) in [4.78, 5) is 42.4. The van der Waals surface area contributed by atoms with Crippen molar-refractivity contribution in [2.75, 3.05) is 5.73 Å². The number of imidazole rings is 1. The Morgan fingerprint density at radius 3 is 2.62 bits per heavy atom. The lowest BCUT2D eigenvalue weighted by Gasteiger charge is -2.27. The fourth-order valence-electron chi connectivity index (χ4n) is 6.42. The van der Waals surface area contributed by atoms with Crippen LogP contribution in [0.1, 0.15) is 60.9 Å². The minimum absolute atomic E-state index is 0.0836. The first-order valence-corrected chi connectivity index (χ1v) is 13.2. The summed E-state index contributed by atoms with van der Waals surface area (Å²) in [5.74, 6) is 6.29. The fourth-order valence-corrected chi connectivity index (χ4v) is 6.42. The molecule has 2 fully saturated rings. The maximum absolute atomic E-state index is 12.9. The van der Waals surface area contributed by atoms with Crippen molar-refractivity contribution >= 4 is 28.7 Å². The van der Waals surface area contributed by atoms with Crippen LogP contribution in [0.4, 0.5) is 11.5 Å². The number of pyridine rings is 1. The molecule has 3 aromatic heterocycles. The minimum atomic E-state index is -0.267. The molecule has 2 aliphatic rings. The molecular formula is C31H27N7O2. The Morgan fingerprint density at radius 1 is 1.12 bits per heavy atom. The number of nitrogens with zero attached hydrogens (tertiary/aromatic N) is 5. The standard InChI is InChI=1S/C31H27N7O2/c1-3-4-25(40)37-31-12-10-30(19-31,11-13-31)29-36-26(27-28(32)35-15-16-38(27)29)21-7-5-20(6-8-21)24(39)18-23-17-22(33-2)9-14-34-23/h5-9,14-17H,10-13,18-19H2,1H3,(H2,32,35)(H,37,40). The van der Waals surface area contributed by atoms with E-state index in [0.717, 1.165) is 49.0 Å². The lowest BCUT2D eigenvalue weighted by atomic mass is 9.83. The van der Waals surface area contributed by atoms with Gasteiger partial charge in [0.25, 0.3) is 5.91 Å². The van der Waals surface area contributed by atoms with E-state index >= 15 is 0 Å². The molecule has 6 rings (SSSR count). The Kier molecular flexibility index (Phi) is 6.08. The largest absolute Gasteiger partial charge is 0.382 e. The third kappa shape index (κ3) is 4.26. The van der Waals surface area contributed by atoms with Gasteiger partial charge in [0, 0.05) is 46.4 Å². The van der Waals surface area contributed by atoms with Gasteiger partial charge in [0.2, 0.25) is 0 Å². The first kappa shape index (κ1) is 25.3. The van der Waals surface area contributed by atoms with Crippen molar-refractivity contribution in [1.29, 1.82) is 0 Å². The van der Waals surface area contributed by atoms with Crippen LogP contribution in [0.2, 0.25) is 0 Å². The van der Waals surface area contributed by atoms with E-state index < -0.39 is 0 Å². The zero-order valence-electron chi connectivity index (χ0n) is 22.1. The highest BCUT2D eigenvalue weighted by Crippen LogP contribution is 2.57. The van der Waals surface area contributed by atoms with E-state index in [1.54, 1.807) is 43.6 Å². The van der Waals surface area contributed by atoms with Crippen molar-refractivity contribution in [2.24, 2.45) is 0 Å². The number of rotatable bonds is 6. The molecule has 2 aliphatic carbocycles. The molecule has 1 amide bonds. The number of fused-ring (bicyclic) bond motifs is 3. The monoisotopic (exact) mass is 529 g/mol. The Bertz CT molecular complexity index is 1760. The van der Waals surface area contributed by atoms with Crippen LogP contribution in [0.5, 0.6) is 0 Å². The summed E-state index contributed by atoms with van der Waals surface area (Å²) < 4.78 is 2.04. The maximum Gasteiger partial charge on any atom is 0.296 e. The van der Waals surface area contributed by atoms with Crippen molar-refractivity contribution in [3.05, 3.63) is 83.5 Å². The molecule has 3 N–H and O–H groups in total. The molecule has 9 nitrogen and oxygen atoms in total. The number of nitrogens with one attached hydrogen (secondary N) is 1. The summed E-state index contributed by atoms with van der Waals surface area (Å²) in [6.07, 6.45) is 9.60. The second-order valence-corrected chi connectivity index (χ2v) is 10.7. The van der Waals surface area contributed by atoms with E-state index in [1.165, 1.54) is 0 Å². The number of carbonyl (C=O) groups excluding carboxylic acids is 2. The molecule has 1 aromatic carbocycles. The molecule has 0 atom stereocenters. The van der Waals surface area contributed by atoms with Gasteiger partial charge in [0.15, 0.2) is 11.5 Å². The smallest absolute Gasteiger partial charge is 0.296 e. The number of benzene rings is 1. The SMILES string of the molecule is [C-]#[N+]c1ccnc(CC(=O)c2ccc(-c3nc(C45CCC(NC(=O)C#CC)(CC4)C5)n4ccnc(N)c34)cc2)c1. The van der Waals surface area contributed by atoms with Crippen LogP contribution in [0.15, 0.2) is 55.0 Å². The molecule has 40 heavy (non-hydrogen) atoms. The van der Waals surface area contributed by atoms with Crippen LogP contribution in [0, 0.1) is 18.4 Å². The molecule has 198 valence electrons. The first-order chi connectivity index (χ1) is 19.4. The van der Waals surface area contributed by atoms with Crippen molar-refractivity contribution < 1.29 is 9.59 Å². The number of nitrogens with two attached hydrogens (primary N) is 1. The van der Waals surface area contributed by atoms with Gasteiger partial charge in [-0.2, -0.15) is 0 Å². The predicted molar refractivity (Wildman–Crippen MR) is 150 cm³/mol. The van der Waals surface area contributed by atoms with E-state index in [0.29, 0.717) is 28.5 Å². The number of Topliss-reactive ketones (excluding diaryl/α,β-unsaturated/α-hetero) is 1. The van der Waals surface area contributed by atoms with Gasteiger partial charge < -0.3 is 11.1 Å². The predicted octanol–water partition coefficient (Wildman–Crippen LogP) is 4.44. The molecule has 0 spiro atoms. The van der Waals surface area contributed by atoms with Gasteiger partial charge in [-0.15, -0.1) is 0 Å². The van der Waals surface area contributed by atoms with Crippen molar-refractivity contribution in [3.63, 3.8) is 0 Å². The number of anilines is 1. The van der Waals surface area contributed by atoms with Crippen LogP contribution in [-0.2, 0) is 16.6 Å². The lowest BCUT2D eigenvalue weighted by molar-refractivity contribution is -0.117. The quantitative estimate of drug-likeness (QED) is 0.216. The van der Waals surface area contributed by atoms with Crippen LogP contribution < -0.4 is 11.1 Å². The summed E-state index contributed by atoms with van der Waals surface area (Å²) in [6, 6.07) is 10.6. The van der Waals surface area contributed by atoms with E-state index in [1.807, 2.05) is 22.7 Å². The minimum Gasteiger partial charge on any atom is -0.382 e. The van der Waals surface area contributed by atoms with Crippen LogP contribution in [-0.4, -0.2) is 36.6 Å². The molecule has 2 bridgehead atoms. The summed E-state index contributed by atoms with van der Waals surface area (Å²) in [7, 11) is 0. The highest BCUT2D eigenvalue weighted by molar-refractivity contribution is 5.98. The maximum atomic E-state index is 12.9. The van der Waals surface area contributed by atoms with Gasteiger partial charge in [-0.3, -0.25) is 19.0 Å². The van der Waals surface area contributed by atoms with Gasteiger partial charge in [0.1, 0.15) is 22.9 Å². The van der Waals surface area contributed by atoms with Gasteiger partial charge >= 0.3 is 0 Å². The van der Waals surface area contributed by atoms with E-state index in [4.69, 9.17) is 17.3 Å². The van der Waals surface area contributed by atoms with Gasteiger partial charge in [-0.25, -0.2) is 14.8 Å². The number of nitrogen functional groups attached to an aromatic ring is 1. The molecule has 0 radical (unpaired) electrons. The average molecular weight is 530 g/mol.